The van der Waals surface area contributed by atoms with Crippen molar-refractivity contribution in [2.75, 3.05) is 11.9 Å². The Labute approximate surface area is 182 Å². The molecule has 10 heteroatoms. The molecule has 2 amide bonds. The van der Waals surface area contributed by atoms with Gasteiger partial charge in [0.1, 0.15) is 10.9 Å². The molecule has 2 aromatic carbocycles. The van der Waals surface area contributed by atoms with Crippen LogP contribution in [0.15, 0.2) is 53.5 Å². The van der Waals surface area contributed by atoms with Crippen LogP contribution in [0.5, 0.6) is 0 Å². The van der Waals surface area contributed by atoms with Crippen LogP contribution in [-0.4, -0.2) is 38.6 Å². The third kappa shape index (κ3) is 5.17. The van der Waals surface area contributed by atoms with E-state index in [0.29, 0.717) is 28.8 Å². The number of carbonyl (C=O) groups excluding carboxylic acids is 2. The molecule has 0 unspecified atom stereocenters. The third-order valence-corrected chi connectivity index (χ3v) is 5.65. The minimum atomic E-state index is -0.655. The molecule has 0 aliphatic carbocycles. The Morgan fingerprint density at radius 2 is 2.07 bits per heavy atom. The molecule has 1 saturated heterocycles. The van der Waals surface area contributed by atoms with E-state index in [-0.39, 0.29) is 29.6 Å². The zero-order valence-corrected chi connectivity index (χ0v) is 17.7. The van der Waals surface area contributed by atoms with Crippen molar-refractivity contribution in [2.45, 2.75) is 25.0 Å². The Morgan fingerprint density at radius 3 is 2.77 bits per heavy atom. The van der Waals surface area contributed by atoms with Crippen molar-refractivity contribution in [3.63, 3.8) is 0 Å². The maximum absolute atomic E-state index is 12.8. The summed E-state index contributed by atoms with van der Waals surface area (Å²) in [5, 5.41) is 14.2. The number of benzene rings is 2. The Morgan fingerprint density at radius 1 is 1.30 bits per heavy atom. The first-order valence-corrected chi connectivity index (χ1v) is 10.5. The van der Waals surface area contributed by atoms with Crippen molar-refractivity contribution in [2.24, 2.45) is 4.99 Å². The first-order chi connectivity index (χ1) is 14.4. The summed E-state index contributed by atoms with van der Waals surface area (Å²) >= 11 is 7.07. The number of aliphatic imine (C=N–C) groups is 1. The van der Waals surface area contributed by atoms with Gasteiger partial charge in [0.25, 0.3) is 5.69 Å². The molecule has 0 saturated carbocycles. The molecule has 1 atom stereocenters. The van der Waals surface area contributed by atoms with Crippen LogP contribution in [0.4, 0.5) is 17.1 Å². The van der Waals surface area contributed by atoms with Crippen molar-refractivity contribution in [3.8, 4) is 0 Å². The number of carbonyl (C=O) groups is 2. The monoisotopic (exact) mass is 446 g/mol. The number of amides is 2. The Bertz CT molecular complexity index is 1010. The summed E-state index contributed by atoms with van der Waals surface area (Å²) in [4.78, 5) is 41.9. The zero-order valence-electron chi connectivity index (χ0n) is 16.1. The number of nitrogens with zero attached hydrogens (tertiary/aromatic N) is 3. The first kappa shape index (κ1) is 21.8. The fraction of sp³-hybridized carbons (Fsp3) is 0.250. The molecule has 156 valence electrons. The molecule has 1 aliphatic rings. The Balaban J connectivity index is 1.79. The maximum Gasteiger partial charge on any atom is 0.294 e. The van der Waals surface area contributed by atoms with E-state index in [9.17, 15) is 19.7 Å². The lowest BCUT2D eigenvalue weighted by Gasteiger charge is -2.15. The van der Waals surface area contributed by atoms with Crippen molar-refractivity contribution >= 4 is 57.4 Å². The van der Waals surface area contributed by atoms with E-state index in [4.69, 9.17) is 11.6 Å². The van der Waals surface area contributed by atoms with Crippen LogP contribution < -0.4 is 5.32 Å². The van der Waals surface area contributed by atoms with E-state index >= 15 is 0 Å². The summed E-state index contributed by atoms with van der Waals surface area (Å²) in [6.45, 7) is 2.33. The van der Waals surface area contributed by atoms with Crippen molar-refractivity contribution in [1.82, 2.24) is 4.90 Å². The molecular weight excluding hydrogens is 428 g/mol. The van der Waals surface area contributed by atoms with Gasteiger partial charge >= 0.3 is 0 Å². The molecule has 3 rings (SSSR count). The van der Waals surface area contributed by atoms with Gasteiger partial charge in [-0.2, -0.15) is 0 Å². The molecule has 0 spiro atoms. The molecular formula is C20H19ClN4O4S. The molecule has 2 aromatic rings. The second kappa shape index (κ2) is 9.73. The van der Waals surface area contributed by atoms with Crippen LogP contribution in [0.2, 0.25) is 5.02 Å². The van der Waals surface area contributed by atoms with E-state index in [2.05, 4.69) is 10.3 Å². The lowest BCUT2D eigenvalue weighted by molar-refractivity contribution is -0.384. The largest absolute Gasteiger partial charge is 0.326 e. The average molecular weight is 447 g/mol. The number of amidine groups is 1. The highest BCUT2D eigenvalue weighted by Crippen LogP contribution is 2.34. The lowest BCUT2D eigenvalue weighted by Crippen LogP contribution is -2.34. The number of rotatable bonds is 7. The average Bonchev–Trinajstić information content (AvgIpc) is 2.97. The van der Waals surface area contributed by atoms with Crippen LogP contribution >= 0.6 is 23.4 Å². The topological polar surface area (TPSA) is 105 Å². The summed E-state index contributed by atoms with van der Waals surface area (Å²) in [5.41, 5.74) is 0.571. The van der Waals surface area contributed by atoms with E-state index in [1.165, 1.54) is 17.0 Å². The van der Waals surface area contributed by atoms with Crippen LogP contribution in [0.1, 0.15) is 19.8 Å². The molecule has 1 fully saturated rings. The quantitative estimate of drug-likeness (QED) is 0.493. The summed E-state index contributed by atoms with van der Waals surface area (Å²) in [6.07, 6.45) is 0.635. The van der Waals surface area contributed by atoms with Gasteiger partial charge < -0.3 is 5.32 Å². The van der Waals surface area contributed by atoms with Gasteiger partial charge in [-0.15, -0.1) is 0 Å². The summed E-state index contributed by atoms with van der Waals surface area (Å²) < 4.78 is 0. The molecule has 30 heavy (non-hydrogen) atoms. The van der Waals surface area contributed by atoms with Crippen LogP contribution in [-0.2, 0) is 9.59 Å². The number of anilines is 1. The van der Waals surface area contributed by atoms with Gasteiger partial charge in [0.2, 0.25) is 11.8 Å². The van der Waals surface area contributed by atoms with Crippen molar-refractivity contribution in [3.05, 3.63) is 63.7 Å². The number of nitro groups is 1. The van der Waals surface area contributed by atoms with E-state index in [0.717, 1.165) is 11.8 Å². The number of nitro benzene ring substituents is 1. The van der Waals surface area contributed by atoms with Crippen LogP contribution in [0.3, 0.4) is 0 Å². The standard InChI is InChI=1S/C20H19ClN4O4S/c1-2-10-24-19(27)17(12-18(26)22-14-7-5-6-13(21)11-14)30-20(24)23-15-8-3-4-9-16(15)25(28)29/h3-9,11,17H,2,10,12H2,1H3,(H,22,26)/t17-/m1/s1. The number of hydrogen-bond donors (Lipinski definition) is 1. The normalized spacial score (nSPS) is 17.4. The second-order valence-electron chi connectivity index (χ2n) is 6.50. The highest BCUT2D eigenvalue weighted by atomic mass is 35.5. The minimum Gasteiger partial charge on any atom is -0.326 e. The fourth-order valence-corrected chi connectivity index (χ4v) is 4.28. The number of nitrogens with one attached hydrogen (secondary N) is 1. The Hall–Kier alpha value is -2.91. The predicted octanol–water partition coefficient (Wildman–Crippen LogP) is 4.62. The minimum absolute atomic E-state index is 0.0495. The van der Waals surface area contributed by atoms with Gasteiger partial charge in [-0.05, 0) is 30.7 Å². The van der Waals surface area contributed by atoms with E-state index < -0.39 is 10.2 Å². The molecule has 0 bridgehead atoms. The van der Waals surface area contributed by atoms with Gasteiger partial charge in [0, 0.05) is 29.7 Å². The van der Waals surface area contributed by atoms with Gasteiger partial charge in [0.15, 0.2) is 5.17 Å². The smallest absolute Gasteiger partial charge is 0.294 e. The predicted molar refractivity (Wildman–Crippen MR) is 118 cm³/mol. The van der Waals surface area contributed by atoms with Crippen LogP contribution in [0.25, 0.3) is 0 Å². The first-order valence-electron chi connectivity index (χ1n) is 9.24. The van der Waals surface area contributed by atoms with Gasteiger partial charge in [-0.1, -0.05) is 48.5 Å². The molecule has 1 heterocycles. The highest BCUT2D eigenvalue weighted by Gasteiger charge is 2.39. The Kier molecular flexibility index (Phi) is 7.07. The number of halogens is 1. The second-order valence-corrected chi connectivity index (χ2v) is 8.11. The zero-order chi connectivity index (χ0) is 21.7. The summed E-state index contributed by atoms with van der Waals surface area (Å²) in [5.74, 6) is -0.563. The van der Waals surface area contributed by atoms with Gasteiger partial charge in [-0.3, -0.25) is 24.6 Å². The summed E-state index contributed by atoms with van der Waals surface area (Å²) in [6, 6.07) is 12.8. The SMILES string of the molecule is CCCN1C(=O)[C@@H](CC(=O)Nc2cccc(Cl)c2)SC1=Nc1ccccc1[N+](=O)[O-]. The molecule has 1 aliphatic heterocycles. The lowest BCUT2D eigenvalue weighted by atomic mass is 10.2. The molecule has 1 N–H and O–H groups in total. The maximum atomic E-state index is 12.8. The third-order valence-electron chi connectivity index (χ3n) is 4.24. The number of para-hydroxylation sites is 2. The van der Waals surface area contributed by atoms with Crippen molar-refractivity contribution in [1.29, 1.82) is 0 Å². The number of thioether (sulfide) groups is 1. The number of hydrogen-bond acceptors (Lipinski definition) is 6. The molecule has 0 aromatic heterocycles. The molecule has 0 radical (unpaired) electrons. The summed E-state index contributed by atoms with van der Waals surface area (Å²) in [7, 11) is 0. The van der Waals surface area contributed by atoms with Gasteiger partial charge in [-0.25, -0.2) is 4.99 Å². The highest BCUT2D eigenvalue weighted by molar-refractivity contribution is 8.15. The van der Waals surface area contributed by atoms with E-state index in [1.54, 1.807) is 36.4 Å². The molecule has 8 nitrogen and oxygen atoms in total. The van der Waals surface area contributed by atoms with Crippen molar-refractivity contribution < 1.29 is 14.5 Å². The van der Waals surface area contributed by atoms with Crippen LogP contribution in [0, 0.1) is 10.1 Å². The van der Waals surface area contributed by atoms with Gasteiger partial charge in [0.05, 0.1) is 4.92 Å². The van der Waals surface area contributed by atoms with E-state index in [1.807, 2.05) is 6.92 Å². The fourth-order valence-electron chi connectivity index (χ4n) is 2.92.